The zero-order chi connectivity index (χ0) is 19.1. The fraction of sp³-hybridized carbons (Fsp3) is 0.450. The molecule has 1 fully saturated rings. The third-order valence-corrected chi connectivity index (χ3v) is 5.61. The highest BCUT2D eigenvalue weighted by atomic mass is 19.1. The van der Waals surface area contributed by atoms with Crippen LogP contribution in [0.5, 0.6) is 0 Å². The molecule has 2 aromatic rings. The van der Waals surface area contributed by atoms with E-state index in [1.807, 2.05) is 23.0 Å². The number of nitrogens with one attached hydrogen (secondary N) is 1. The largest absolute Gasteiger partial charge is 0.361 e. The van der Waals surface area contributed by atoms with E-state index in [0.29, 0.717) is 19.0 Å². The SMILES string of the molecule is O=c1n(CC2=C(CCCCF)N3C=CN=CC3N2)c2cnccc2n1C1CC1. The van der Waals surface area contributed by atoms with Crippen molar-refractivity contribution in [3.63, 3.8) is 0 Å². The van der Waals surface area contributed by atoms with Crippen molar-refractivity contribution in [3.8, 4) is 0 Å². The van der Waals surface area contributed by atoms with Crippen molar-refractivity contribution in [2.45, 2.75) is 50.9 Å². The lowest BCUT2D eigenvalue weighted by Gasteiger charge is -2.24. The third-order valence-electron chi connectivity index (χ3n) is 5.61. The van der Waals surface area contributed by atoms with Gasteiger partial charge >= 0.3 is 5.69 Å². The molecule has 0 radical (unpaired) electrons. The number of imidazole rings is 1. The summed E-state index contributed by atoms with van der Waals surface area (Å²) in [5, 5.41) is 3.49. The maximum absolute atomic E-state index is 13.2. The molecule has 1 unspecified atom stereocenters. The highest BCUT2D eigenvalue weighted by Gasteiger charge is 2.32. The predicted molar refractivity (Wildman–Crippen MR) is 106 cm³/mol. The Morgan fingerprint density at radius 1 is 1.25 bits per heavy atom. The Morgan fingerprint density at radius 2 is 2.14 bits per heavy atom. The van der Waals surface area contributed by atoms with E-state index >= 15 is 0 Å². The maximum atomic E-state index is 13.2. The standard InChI is InChI=1S/C20H23FN6O/c21-7-2-1-3-16-15(24-19-12-23-9-10-25(16)19)13-26-18-11-22-8-6-17(18)27(20(26)28)14-4-5-14/h6,8-12,14,19,24H,1-5,7,13H2. The third kappa shape index (κ3) is 2.83. The van der Waals surface area contributed by atoms with E-state index in [1.54, 1.807) is 23.2 Å². The fourth-order valence-electron chi connectivity index (χ4n) is 4.12. The number of unbranched alkanes of at least 4 members (excludes halogenated alkanes) is 1. The predicted octanol–water partition coefficient (Wildman–Crippen LogP) is 2.67. The molecule has 1 atom stereocenters. The maximum Gasteiger partial charge on any atom is 0.329 e. The zero-order valence-corrected chi connectivity index (χ0v) is 15.6. The Balaban J connectivity index is 1.54. The Bertz CT molecular complexity index is 1040. The van der Waals surface area contributed by atoms with Crippen LogP contribution in [0.15, 0.2) is 52.0 Å². The van der Waals surface area contributed by atoms with Crippen molar-refractivity contribution in [1.29, 1.82) is 0 Å². The first kappa shape index (κ1) is 17.2. The van der Waals surface area contributed by atoms with Crippen LogP contribution in [0.4, 0.5) is 4.39 Å². The lowest BCUT2D eigenvalue weighted by molar-refractivity contribution is 0.400. The lowest BCUT2D eigenvalue weighted by Crippen LogP contribution is -2.37. The van der Waals surface area contributed by atoms with Gasteiger partial charge in [-0.3, -0.25) is 23.5 Å². The Morgan fingerprint density at radius 3 is 2.96 bits per heavy atom. The second-order valence-electron chi connectivity index (χ2n) is 7.50. The number of hydrogen-bond donors (Lipinski definition) is 1. The monoisotopic (exact) mass is 382 g/mol. The molecule has 1 aliphatic carbocycles. The molecule has 3 aliphatic rings. The zero-order valence-electron chi connectivity index (χ0n) is 15.6. The second kappa shape index (κ2) is 6.92. The van der Waals surface area contributed by atoms with E-state index in [9.17, 15) is 9.18 Å². The van der Waals surface area contributed by atoms with Gasteiger partial charge in [0.1, 0.15) is 6.17 Å². The van der Waals surface area contributed by atoms with Gasteiger partial charge in [0.25, 0.3) is 0 Å². The highest BCUT2D eigenvalue weighted by Crippen LogP contribution is 2.36. The Kier molecular flexibility index (Phi) is 4.26. The van der Waals surface area contributed by atoms with Gasteiger partial charge in [0, 0.05) is 36.6 Å². The molecule has 0 saturated heterocycles. The molecule has 4 heterocycles. The molecule has 1 N–H and O–H groups in total. The second-order valence-corrected chi connectivity index (χ2v) is 7.50. The van der Waals surface area contributed by atoms with Gasteiger partial charge in [-0.05, 0) is 38.2 Å². The van der Waals surface area contributed by atoms with Gasteiger partial charge in [-0.15, -0.1) is 0 Å². The molecule has 0 aromatic carbocycles. The lowest BCUT2D eigenvalue weighted by atomic mass is 10.1. The number of halogens is 1. The van der Waals surface area contributed by atoms with Gasteiger partial charge in [0.15, 0.2) is 0 Å². The van der Waals surface area contributed by atoms with E-state index in [1.165, 1.54) is 0 Å². The van der Waals surface area contributed by atoms with Gasteiger partial charge in [-0.2, -0.15) is 0 Å². The molecule has 5 rings (SSSR count). The molecule has 2 aliphatic heterocycles. The van der Waals surface area contributed by atoms with E-state index in [2.05, 4.69) is 20.2 Å². The fourth-order valence-corrected chi connectivity index (χ4v) is 4.12. The average Bonchev–Trinajstić information content (AvgIpc) is 3.43. The first-order chi connectivity index (χ1) is 13.8. The molecule has 0 amide bonds. The number of allylic oxidation sites excluding steroid dienone is 2. The summed E-state index contributed by atoms with van der Waals surface area (Å²) in [6, 6.07) is 2.22. The van der Waals surface area contributed by atoms with Crippen LogP contribution >= 0.6 is 0 Å². The van der Waals surface area contributed by atoms with Crippen LogP contribution in [-0.4, -0.2) is 38.1 Å². The minimum absolute atomic E-state index is 0.0111. The van der Waals surface area contributed by atoms with Crippen LogP contribution in [0.2, 0.25) is 0 Å². The van der Waals surface area contributed by atoms with Crippen LogP contribution in [-0.2, 0) is 6.54 Å². The van der Waals surface area contributed by atoms with E-state index in [0.717, 1.165) is 48.1 Å². The summed E-state index contributed by atoms with van der Waals surface area (Å²) in [6.07, 6.45) is 13.2. The van der Waals surface area contributed by atoms with Gasteiger partial charge in [0.05, 0.1) is 36.1 Å². The van der Waals surface area contributed by atoms with Crippen LogP contribution in [0.25, 0.3) is 11.0 Å². The van der Waals surface area contributed by atoms with Crippen LogP contribution < -0.4 is 11.0 Å². The summed E-state index contributed by atoms with van der Waals surface area (Å²) in [4.78, 5) is 23.8. The molecule has 7 nitrogen and oxygen atoms in total. The normalized spacial score (nSPS) is 20.9. The quantitative estimate of drug-likeness (QED) is 0.748. The van der Waals surface area contributed by atoms with Crippen molar-refractivity contribution in [2.24, 2.45) is 4.99 Å². The topological polar surface area (TPSA) is 67.5 Å². The summed E-state index contributed by atoms with van der Waals surface area (Å²) < 4.78 is 16.3. The molecule has 8 heteroatoms. The number of alkyl halides is 1. The van der Waals surface area contributed by atoms with Gasteiger partial charge in [-0.1, -0.05) is 0 Å². The molecule has 1 saturated carbocycles. The average molecular weight is 382 g/mol. The van der Waals surface area contributed by atoms with Crippen molar-refractivity contribution in [1.82, 2.24) is 24.3 Å². The van der Waals surface area contributed by atoms with Crippen molar-refractivity contribution >= 4 is 17.2 Å². The van der Waals surface area contributed by atoms with Crippen molar-refractivity contribution < 1.29 is 4.39 Å². The molecule has 146 valence electrons. The number of aromatic nitrogens is 3. The number of rotatable bonds is 7. The van der Waals surface area contributed by atoms with E-state index in [4.69, 9.17) is 0 Å². The summed E-state index contributed by atoms with van der Waals surface area (Å²) in [6.45, 7) is 0.136. The first-order valence-corrected chi connectivity index (χ1v) is 9.85. The number of fused-ring (bicyclic) bond motifs is 2. The molecular weight excluding hydrogens is 359 g/mol. The van der Waals surface area contributed by atoms with Crippen molar-refractivity contribution in [3.05, 3.63) is 52.7 Å². The number of hydrogen-bond acceptors (Lipinski definition) is 5. The molecule has 28 heavy (non-hydrogen) atoms. The summed E-state index contributed by atoms with van der Waals surface area (Å²) in [5.41, 5.74) is 3.90. The number of pyridine rings is 1. The van der Waals surface area contributed by atoms with Crippen molar-refractivity contribution in [2.75, 3.05) is 6.67 Å². The minimum atomic E-state index is -0.309. The Labute approximate surface area is 161 Å². The van der Waals surface area contributed by atoms with Crippen LogP contribution in [0, 0.1) is 0 Å². The van der Waals surface area contributed by atoms with E-state index in [-0.39, 0.29) is 18.5 Å². The Hall–Kier alpha value is -2.90. The van der Waals surface area contributed by atoms with Gasteiger partial charge in [-0.25, -0.2) is 4.79 Å². The highest BCUT2D eigenvalue weighted by molar-refractivity contribution is 5.75. The summed E-state index contributed by atoms with van der Waals surface area (Å²) in [5.74, 6) is 0. The smallest absolute Gasteiger partial charge is 0.329 e. The van der Waals surface area contributed by atoms with Gasteiger partial charge in [0.2, 0.25) is 0 Å². The van der Waals surface area contributed by atoms with E-state index < -0.39 is 0 Å². The van der Waals surface area contributed by atoms with Crippen LogP contribution in [0.1, 0.15) is 38.1 Å². The minimum Gasteiger partial charge on any atom is -0.361 e. The number of aliphatic imine (C=N–C) groups is 1. The molecule has 0 spiro atoms. The van der Waals surface area contributed by atoms with Crippen LogP contribution in [0.3, 0.4) is 0 Å². The molecular formula is C20H23FN6O. The summed E-state index contributed by atoms with van der Waals surface area (Å²) >= 11 is 0. The summed E-state index contributed by atoms with van der Waals surface area (Å²) in [7, 11) is 0. The number of nitrogens with zero attached hydrogens (tertiary/aromatic N) is 5. The first-order valence-electron chi connectivity index (χ1n) is 9.85. The van der Waals surface area contributed by atoms with Gasteiger partial charge < -0.3 is 10.2 Å². The molecule has 2 aromatic heterocycles. The molecule has 0 bridgehead atoms.